The predicted molar refractivity (Wildman–Crippen MR) is 118 cm³/mol. The summed E-state index contributed by atoms with van der Waals surface area (Å²) in [6, 6.07) is 6.88. The standard InChI is InChI=1S/C22H20ClF3N6O/c1-31-18(6-8-29-31)14-11-30-32(12-14)19(7-9-33-22(25)26)17-5-2-13(10-28-17)20-16(27)4-3-15(23)21(20)24/h2-6,8,10-12,19,22H,7,9,27H2,1H3/i1D3. The van der Waals surface area contributed by atoms with E-state index in [1.807, 2.05) is 0 Å². The Morgan fingerprint density at radius 1 is 1.15 bits per heavy atom. The van der Waals surface area contributed by atoms with E-state index in [4.69, 9.17) is 21.4 Å². The number of ether oxygens (including phenoxy) is 1. The molecule has 1 atom stereocenters. The molecule has 0 spiro atoms. The van der Waals surface area contributed by atoms with Crippen molar-refractivity contribution in [1.82, 2.24) is 24.5 Å². The number of pyridine rings is 1. The minimum Gasteiger partial charge on any atom is -0.398 e. The fourth-order valence-corrected chi connectivity index (χ4v) is 3.61. The number of aromatic nitrogens is 5. The quantitative estimate of drug-likeness (QED) is 0.362. The molecule has 4 rings (SSSR count). The second kappa shape index (κ2) is 9.63. The highest BCUT2D eigenvalue weighted by molar-refractivity contribution is 6.31. The molecule has 2 N–H and O–H groups in total. The van der Waals surface area contributed by atoms with E-state index in [9.17, 15) is 13.2 Å². The number of nitrogens with zero attached hydrogens (tertiary/aromatic N) is 5. The van der Waals surface area contributed by atoms with E-state index in [-0.39, 0.29) is 29.3 Å². The first kappa shape index (κ1) is 19.1. The molecule has 0 radical (unpaired) electrons. The summed E-state index contributed by atoms with van der Waals surface area (Å²) in [6.45, 7) is -5.75. The van der Waals surface area contributed by atoms with Gasteiger partial charge in [0.15, 0.2) is 5.82 Å². The highest BCUT2D eigenvalue weighted by Crippen LogP contribution is 2.33. The van der Waals surface area contributed by atoms with Crippen LogP contribution in [-0.4, -0.2) is 37.8 Å². The molecular weight excluding hydrogens is 457 g/mol. The third-order valence-electron chi connectivity index (χ3n) is 5.04. The van der Waals surface area contributed by atoms with Crippen molar-refractivity contribution in [3.05, 3.63) is 71.7 Å². The van der Waals surface area contributed by atoms with E-state index in [0.29, 0.717) is 22.5 Å². The van der Waals surface area contributed by atoms with Gasteiger partial charge in [-0.1, -0.05) is 17.7 Å². The first-order chi connectivity index (χ1) is 17.1. The number of alkyl halides is 2. The maximum Gasteiger partial charge on any atom is 0.345 e. The number of benzene rings is 1. The number of aryl methyl sites for hydroxylation is 1. The molecule has 0 amide bonds. The van der Waals surface area contributed by atoms with Crippen LogP contribution in [0.5, 0.6) is 0 Å². The van der Waals surface area contributed by atoms with Gasteiger partial charge in [-0.2, -0.15) is 19.0 Å². The van der Waals surface area contributed by atoms with Gasteiger partial charge in [-0.15, -0.1) is 0 Å². The summed E-state index contributed by atoms with van der Waals surface area (Å²) in [6.07, 6.45) is 5.83. The third kappa shape index (κ3) is 4.86. The van der Waals surface area contributed by atoms with Crippen molar-refractivity contribution in [3.63, 3.8) is 0 Å². The maximum atomic E-state index is 14.6. The van der Waals surface area contributed by atoms with Crippen LogP contribution in [0, 0.1) is 5.82 Å². The minimum absolute atomic E-state index is 0.0734. The van der Waals surface area contributed by atoms with Gasteiger partial charge in [0.2, 0.25) is 0 Å². The van der Waals surface area contributed by atoms with Crippen LogP contribution in [-0.2, 0) is 11.7 Å². The summed E-state index contributed by atoms with van der Waals surface area (Å²) in [5.41, 5.74) is 7.76. The zero-order chi connectivity index (χ0) is 26.0. The molecule has 4 aromatic rings. The Labute approximate surface area is 196 Å². The largest absolute Gasteiger partial charge is 0.398 e. The van der Waals surface area contributed by atoms with Gasteiger partial charge in [-0.05, 0) is 30.7 Å². The molecule has 0 saturated heterocycles. The lowest BCUT2D eigenvalue weighted by Crippen LogP contribution is -2.16. The Balaban J connectivity index is 1.68. The minimum atomic E-state index is -2.95. The van der Waals surface area contributed by atoms with E-state index in [1.165, 1.54) is 41.5 Å². The number of anilines is 1. The molecule has 33 heavy (non-hydrogen) atoms. The average molecular weight is 480 g/mol. The molecule has 0 aliphatic carbocycles. The first-order valence-corrected chi connectivity index (χ1v) is 10.1. The topological polar surface area (TPSA) is 83.8 Å². The predicted octanol–water partition coefficient (Wildman–Crippen LogP) is 4.94. The van der Waals surface area contributed by atoms with E-state index in [0.717, 1.165) is 4.68 Å². The second-order valence-corrected chi connectivity index (χ2v) is 7.48. The Hall–Kier alpha value is -3.37. The fourth-order valence-electron chi connectivity index (χ4n) is 3.46. The fraction of sp³-hybridized carbons (Fsp3) is 0.227. The van der Waals surface area contributed by atoms with Gasteiger partial charge >= 0.3 is 6.61 Å². The molecule has 172 valence electrons. The Morgan fingerprint density at radius 2 is 2.00 bits per heavy atom. The lowest BCUT2D eigenvalue weighted by Gasteiger charge is -2.18. The smallest absolute Gasteiger partial charge is 0.345 e. The zero-order valence-electron chi connectivity index (χ0n) is 20.0. The highest BCUT2D eigenvalue weighted by Gasteiger charge is 2.20. The van der Waals surface area contributed by atoms with E-state index >= 15 is 0 Å². The second-order valence-electron chi connectivity index (χ2n) is 7.07. The van der Waals surface area contributed by atoms with Crippen LogP contribution in [0.1, 0.15) is 22.3 Å². The average Bonchev–Trinajstić information content (AvgIpc) is 3.49. The van der Waals surface area contributed by atoms with Crippen LogP contribution >= 0.6 is 11.6 Å². The number of hydrogen-bond acceptors (Lipinski definition) is 5. The monoisotopic (exact) mass is 479 g/mol. The number of halogens is 4. The third-order valence-corrected chi connectivity index (χ3v) is 5.33. The molecule has 0 bridgehead atoms. The molecule has 0 fully saturated rings. The van der Waals surface area contributed by atoms with Gasteiger partial charge in [-0.3, -0.25) is 14.3 Å². The van der Waals surface area contributed by atoms with Crippen molar-refractivity contribution in [2.75, 3.05) is 12.3 Å². The van der Waals surface area contributed by atoms with Crippen molar-refractivity contribution in [3.8, 4) is 22.4 Å². The molecule has 3 heterocycles. The summed E-state index contributed by atoms with van der Waals surface area (Å²) >= 11 is 5.88. The molecule has 0 aliphatic rings. The summed E-state index contributed by atoms with van der Waals surface area (Å²) < 4.78 is 69.5. The lowest BCUT2D eigenvalue weighted by molar-refractivity contribution is -0.130. The Bertz CT molecular complexity index is 1340. The van der Waals surface area contributed by atoms with Gasteiger partial charge in [0.1, 0.15) is 0 Å². The lowest BCUT2D eigenvalue weighted by atomic mass is 10.0. The van der Waals surface area contributed by atoms with E-state index in [2.05, 4.69) is 19.9 Å². The number of nitrogen functional groups attached to an aromatic ring is 1. The van der Waals surface area contributed by atoms with Gasteiger partial charge in [-0.25, -0.2) is 4.39 Å². The van der Waals surface area contributed by atoms with Crippen molar-refractivity contribution < 1.29 is 22.0 Å². The van der Waals surface area contributed by atoms with Crippen molar-refractivity contribution >= 4 is 17.3 Å². The van der Waals surface area contributed by atoms with Crippen molar-refractivity contribution in [2.24, 2.45) is 6.98 Å². The van der Waals surface area contributed by atoms with Crippen LogP contribution in [0.4, 0.5) is 18.9 Å². The van der Waals surface area contributed by atoms with Gasteiger partial charge < -0.3 is 10.5 Å². The van der Waals surface area contributed by atoms with Crippen molar-refractivity contribution in [1.29, 1.82) is 0 Å². The van der Waals surface area contributed by atoms with E-state index in [1.54, 1.807) is 18.3 Å². The molecular formula is C22H20ClF3N6O. The van der Waals surface area contributed by atoms with Crippen LogP contribution in [0.25, 0.3) is 22.4 Å². The normalized spacial score (nSPS) is 14.2. The number of rotatable bonds is 8. The highest BCUT2D eigenvalue weighted by atomic mass is 35.5. The van der Waals surface area contributed by atoms with Crippen molar-refractivity contribution in [2.45, 2.75) is 19.1 Å². The Kier molecular flexibility index (Phi) is 5.59. The van der Waals surface area contributed by atoms with Gasteiger partial charge in [0, 0.05) is 52.1 Å². The number of hydrogen-bond donors (Lipinski definition) is 1. The molecule has 1 unspecified atom stereocenters. The van der Waals surface area contributed by atoms with Crippen LogP contribution in [0.15, 0.2) is 55.1 Å². The molecule has 0 saturated carbocycles. The maximum absolute atomic E-state index is 14.6. The van der Waals surface area contributed by atoms with E-state index < -0.39 is 25.4 Å². The van der Waals surface area contributed by atoms with Gasteiger partial charge in [0.05, 0.1) is 35.3 Å². The molecule has 3 aromatic heterocycles. The van der Waals surface area contributed by atoms with Crippen LogP contribution < -0.4 is 5.73 Å². The Morgan fingerprint density at radius 3 is 2.73 bits per heavy atom. The summed E-state index contributed by atoms with van der Waals surface area (Å²) in [7, 11) is 0. The summed E-state index contributed by atoms with van der Waals surface area (Å²) in [5, 5.41) is 8.06. The summed E-state index contributed by atoms with van der Waals surface area (Å²) in [5.74, 6) is -0.685. The first-order valence-electron chi connectivity index (χ1n) is 11.2. The van der Waals surface area contributed by atoms with Crippen LogP contribution in [0.2, 0.25) is 5.02 Å². The van der Waals surface area contributed by atoms with Crippen LogP contribution in [0.3, 0.4) is 0 Å². The molecule has 11 heteroatoms. The molecule has 7 nitrogen and oxygen atoms in total. The SMILES string of the molecule is [2H]C([2H])([2H])n1nccc1-c1cnn(C(CCOC(F)F)c2ccc(-c3c(N)ccc(Cl)c3F)cn2)c1. The zero-order valence-corrected chi connectivity index (χ0v) is 17.8. The molecule has 0 aliphatic heterocycles. The van der Waals surface area contributed by atoms with Gasteiger partial charge in [0.25, 0.3) is 0 Å². The molecule has 1 aromatic carbocycles. The summed E-state index contributed by atoms with van der Waals surface area (Å²) in [4.78, 5) is 4.39. The number of nitrogens with two attached hydrogens (primary N) is 1.